The zero-order chi connectivity index (χ0) is 20.9. The first kappa shape index (κ1) is 22.1. The van der Waals surface area contributed by atoms with Crippen LogP contribution in [0.3, 0.4) is 0 Å². The molecule has 2 aromatic carbocycles. The van der Waals surface area contributed by atoms with Crippen molar-refractivity contribution in [3.05, 3.63) is 53.3 Å². The molecular weight excluding hydrogens is 435 g/mol. The van der Waals surface area contributed by atoms with Gasteiger partial charge in [0.05, 0.1) is 18.4 Å². The fraction of sp³-hybridized carbons (Fsp3) is 0.188. The molecule has 2 rings (SSSR count). The summed E-state index contributed by atoms with van der Waals surface area (Å²) in [6.07, 6.45) is -0.139. The molecule has 0 amide bonds. The number of hydrogen-bond donors (Lipinski definition) is 2. The van der Waals surface area contributed by atoms with Crippen molar-refractivity contribution in [1.29, 1.82) is 0 Å². The minimum absolute atomic E-state index is 0.0304. The third kappa shape index (κ3) is 5.64. The van der Waals surface area contributed by atoms with Crippen LogP contribution in [0.1, 0.15) is 6.42 Å². The maximum Gasteiger partial charge on any atom is 0.306 e. The first-order valence-electron chi connectivity index (χ1n) is 7.69. The molecule has 2 aromatic rings. The lowest BCUT2D eigenvalue weighted by atomic mass is 10.3. The molecule has 2 N–H and O–H groups in total. The molecule has 0 unspecified atom stereocenters. The highest BCUT2D eigenvalue weighted by Crippen LogP contribution is 2.22. The molecule has 28 heavy (non-hydrogen) atoms. The van der Waals surface area contributed by atoms with Crippen LogP contribution in [0, 0.1) is 5.82 Å². The van der Waals surface area contributed by atoms with E-state index >= 15 is 0 Å². The Morgan fingerprint density at radius 3 is 2.29 bits per heavy atom. The number of ether oxygens (including phenoxy) is 1. The molecular formula is C16H16ClFN2O6S2. The number of rotatable bonds is 8. The topological polar surface area (TPSA) is 119 Å². The predicted molar refractivity (Wildman–Crippen MR) is 100 cm³/mol. The number of carbonyl (C=O) groups is 1. The Morgan fingerprint density at radius 1 is 1.07 bits per heavy atom. The number of benzene rings is 2. The zero-order valence-electron chi connectivity index (χ0n) is 14.5. The highest BCUT2D eigenvalue weighted by Gasteiger charge is 2.20. The fourth-order valence-corrected chi connectivity index (χ4v) is 4.39. The van der Waals surface area contributed by atoms with Gasteiger partial charge in [0.2, 0.25) is 10.0 Å². The van der Waals surface area contributed by atoms with E-state index in [1.807, 2.05) is 0 Å². The van der Waals surface area contributed by atoms with Crippen LogP contribution in [0.25, 0.3) is 0 Å². The summed E-state index contributed by atoms with van der Waals surface area (Å²) in [6, 6.07) is 7.86. The molecule has 0 heterocycles. The van der Waals surface area contributed by atoms with Gasteiger partial charge < -0.3 is 4.74 Å². The maximum atomic E-state index is 13.8. The number of sulfonamides is 2. The van der Waals surface area contributed by atoms with Crippen molar-refractivity contribution in [3.63, 3.8) is 0 Å². The van der Waals surface area contributed by atoms with E-state index in [2.05, 4.69) is 14.2 Å². The molecule has 0 atom stereocenters. The van der Waals surface area contributed by atoms with Crippen LogP contribution in [0.5, 0.6) is 0 Å². The Kier molecular flexibility index (Phi) is 6.99. The largest absolute Gasteiger partial charge is 0.469 e. The lowest BCUT2D eigenvalue weighted by Gasteiger charge is -2.10. The van der Waals surface area contributed by atoms with Crippen LogP contribution in [-0.4, -0.2) is 36.5 Å². The number of halogens is 2. The van der Waals surface area contributed by atoms with Gasteiger partial charge in [0, 0.05) is 17.3 Å². The summed E-state index contributed by atoms with van der Waals surface area (Å²) in [5, 5.41) is 0.0470. The highest BCUT2D eigenvalue weighted by molar-refractivity contribution is 7.92. The number of carbonyl (C=O) groups excluding carboxylic acids is 1. The first-order chi connectivity index (χ1) is 13.0. The molecule has 0 fully saturated rings. The molecule has 8 nitrogen and oxygen atoms in total. The molecule has 0 aliphatic heterocycles. The summed E-state index contributed by atoms with van der Waals surface area (Å²) in [6.45, 7) is -0.154. The third-order valence-corrected chi connectivity index (χ3v) is 6.58. The minimum atomic E-state index is -4.24. The number of anilines is 1. The fourth-order valence-electron chi connectivity index (χ4n) is 2.08. The van der Waals surface area contributed by atoms with Crippen molar-refractivity contribution in [3.8, 4) is 0 Å². The van der Waals surface area contributed by atoms with Gasteiger partial charge in [0.25, 0.3) is 10.0 Å². The zero-order valence-corrected chi connectivity index (χ0v) is 16.9. The van der Waals surface area contributed by atoms with Crippen molar-refractivity contribution >= 4 is 43.3 Å². The van der Waals surface area contributed by atoms with E-state index in [1.54, 1.807) is 0 Å². The maximum absolute atomic E-state index is 13.8. The number of hydrogen-bond acceptors (Lipinski definition) is 6. The van der Waals surface area contributed by atoms with Crippen molar-refractivity contribution in [1.82, 2.24) is 4.72 Å². The Bertz CT molecular complexity index is 1070. The molecule has 0 aliphatic rings. The Balaban J connectivity index is 2.12. The van der Waals surface area contributed by atoms with E-state index in [0.29, 0.717) is 0 Å². The summed E-state index contributed by atoms with van der Waals surface area (Å²) in [5.74, 6) is -1.59. The van der Waals surface area contributed by atoms with Gasteiger partial charge in [-0.1, -0.05) is 11.6 Å². The average molecular weight is 451 g/mol. The second-order valence-corrected chi connectivity index (χ2v) is 9.28. The van der Waals surface area contributed by atoms with E-state index in [9.17, 15) is 26.0 Å². The van der Waals surface area contributed by atoms with E-state index in [0.717, 1.165) is 24.3 Å². The van der Waals surface area contributed by atoms with E-state index in [-0.39, 0.29) is 28.6 Å². The van der Waals surface area contributed by atoms with Crippen molar-refractivity contribution in [2.75, 3.05) is 18.4 Å². The highest BCUT2D eigenvalue weighted by atomic mass is 35.5. The summed E-state index contributed by atoms with van der Waals surface area (Å²) < 4.78 is 71.5. The molecule has 0 bridgehead atoms. The molecule has 152 valence electrons. The van der Waals surface area contributed by atoms with E-state index in [4.69, 9.17) is 11.6 Å². The molecule has 0 radical (unpaired) electrons. The summed E-state index contributed by atoms with van der Waals surface area (Å²) >= 11 is 5.61. The average Bonchev–Trinajstić information content (AvgIpc) is 2.61. The summed E-state index contributed by atoms with van der Waals surface area (Å²) in [4.78, 5) is 10.3. The molecule has 12 heteroatoms. The van der Waals surface area contributed by atoms with Gasteiger partial charge in [0.15, 0.2) is 0 Å². The first-order valence-corrected chi connectivity index (χ1v) is 11.0. The van der Waals surface area contributed by atoms with Gasteiger partial charge in [-0.15, -0.1) is 0 Å². The Hall–Kier alpha value is -2.21. The minimum Gasteiger partial charge on any atom is -0.469 e. The van der Waals surface area contributed by atoms with Gasteiger partial charge in [-0.2, -0.15) is 0 Å². The molecule has 0 aliphatic carbocycles. The Morgan fingerprint density at radius 2 is 1.71 bits per heavy atom. The molecule has 0 spiro atoms. The standard InChI is InChI=1S/C16H16ClFN2O6S2/c1-26-16(21)8-9-19-27(22,23)13-5-3-12(4-6-13)20-28(24,25)15-7-2-11(17)10-14(15)18/h2-7,10,19-20H,8-9H2,1H3. The summed E-state index contributed by atoms with van der Waals surface area (Å²) in [5.41, 5.74) is 0.0304. The smallest absolute Gasteiger partial charge is 0.306 e. The van der Waals surface area contributed by atoms with Gasteiger partial charge in [-0.3, -0.25) is 9.52 Å². The van der Waals surface area contributed by atoms with Crippen LogP contribution in [0.2, 0.25) is 5.02 Å². The van der Waals surface area contributed by atoms with Gasteiger partial charge in [-0.25, -0.2) is 25.9 Å². The van der Waals surface area contributed by atoms with Crippen LogP contribution in [-0.2, 0) is 29.6 Å². The van der Waals surface area contributed by atoms with Gasteiger partial charge >= 0.3 is 5.97 Å². The van der Waals surface area contributed by atoms with Gasteiger partial charge in [-0.05, 0) is 42.5 Å². The lowest BCUT2D eigenvalue weighted by Crippen LogP contribution is -2.26. The molecule has 0 saturated carbocycles. The van der Waals surface area contributed by atoms with E-state index in [1.165, 1.54) is 25.3 Å². The molecule has 0 aromatic heterocycles. The third-order valence-electron chi connectivity index (χ3n) is 3.45. The van der Waals surface area contributed by atoms with Crippen LogP contribution < -0.4 is 9.44 Å². The van der Waals surface area contributed by atoms with Crippen LogP contribution in [0.4, 0.5) is 10.1 Å². The van der Waals surface area contributed by atoms with Crippen molar-refractivity contribution in [2.45, 2.75) is 16.2 Å². The predicted octanol–water partition coefficient (Wildman–Crippen LogP) is 2.12. The normalized spacial score (nSPS) is 11.8. The summed E-state index contributed by atoms with van der Waals surface area (Å²) in [7, 11) is -6.95. The number of methoxy groups -OCH3 is 1. The van der Waals surface area contributed by atoms with Gasteiger partial charge in [0.1, 0.15) is 10.7 Å². The van der Waals surface area contributed by atoms with Crippen LogP contribution in [0.15, 0.2) is 52.3 Å². The number of esters is 1. The monoisotopic (exact) mass is 450 g/mol. The SMILES string of the molecule is COC(=O)CCNS(=O)(=O)c1ccc(NS(=O)(=O)c2ccc(Cl)cc2F)cc1. The second-order valence-electron chi connectivity index (χ2n) is 5.43. The number of nitrogens with one attached hydrogen (secondary N) is 2. The second kappa shape index (κ2) is 8.86. The van der Waals surface area contributed by atoms with Crippen molar-refractivity contribution in [2.24, 2.45) is 0 Å². The van der Waals surface area contributed by atoms with E-state index < -0.39 is 36.7 Å². The quantitative estimate of drug-likeness (QED) is 0.594. The van der Waals surface area contributed by atoms with Crippen LogP contribution >= 0.6 is 11.6 Å². The Labute approximate surface area is 166 Å². The van der Waals surface area contributed by atoms with Crippen molar-refractivity contribution < 1.29 is 30.8 Å². The molecule has 0 saturated heterocycles. The lowest BCUT2D eigenvalue weighted by molar-refractivity contribution is -0.140.